The van der Waals surface area contributed by atoms with E-state index in [9.17, 15) is 0 Å². The van der Waals surface area contributed by atoms with Crippen molar-refractivity contribution in [2.75, 3.05) is 12.9 Å². The number of hydrogen-bond donors (Lipinski definition) is 0. The molecule has 0 saturated carbocycles. The van der Waals surface area contributed by atoms with Gasteiger partial charge >= 0.3 is 0 Å². The van der Waals surface area contributed by atoms with E-state index in [1.165, 1.54) is 0 Å². The van der Waals surface area contributed by atoms with Crippen LogP contribution in [0.2, 0.25) is 0 Å². The van der Waals surface area contributed by atoms with Crippen LogP contribution >= 0.6 is 11.8 Å². The van der Waals surface area contributed by atoms with Crippen molar-refractivity contribution in [2.45, 2.75) is 18.5 Å². The number of ether oxygens (including phenoxy) is 1. The van der Waals surface area contributed by atoms with E-state index in [0.717, 1.165) is 28.8 Å². The predicted molar refractivity (Wildman–Crippen MR) is 66.7 cm³/mol. The Morgan fingerprint density at radius 3 is 2.94 bits per heavy atom. The Morgan fingerprint density at radius 1 is 1.35 bits per heavy atom. The standard InChI is InChI=1S/C11H14N4OS/c1-3-8-17-11-12-13-14-15(11)9-6-4-5-7-10(9)16-2/h4-7H,3,8H2,1-2H3. The van der Waals surface area contributed by atoms with Crippen LogP contribution in [0.15, 0.2) is 29.4 Å². The largest absolute Gasteiger partial charge is 0.494 e. The Labute approximate surface area is 104 Å². The average Bonchev–Trinajstić information content (AvgIpc) is 2.84. The Bertz CT molecular complexity index is 486. The van der Waals surface area contributed by atoms with E-state index in [1.54, 1.807) is 23.6 Å². The number of rotatable bonds is 5. The average molecular weight is 250 g/mol. The number of thioether (sulfide) groups is 1. The molecule has 1 aromatic heterocycles. The molecule has 6 heteroatoms. The Balaban J connectivity index is 2.35. The van der Waals surface area contributed by atoms with E-state index < -0.39 is 0 Å². The first kappa shape index (κ1) is 11.9. The molecule has 0 N–H and O–H groups in total. The molecule has 0 atom stereocenters. The van der Waals surface area contributed by atoms with Crippen molar-refractivity contribution in [1.29, 1.82) is 0 Å². The summed E-state index contributed by atoms with van der Waals surface area (Å²) >= 11 is 1.64. The first-order valence-electron chi connectivity index (χ1n) is 5.41. The number of benzene rings is 1. The number of aromatic nitrogens is 4. The summed E-state index contributed by atoms with van der Waals surface area (Å²) in [6.45, 7) is 2.13. The zero-order valence-electron chi connectivity index (χ0n) is 9.83. The van der Waals surface area contributed by atoms with Crippen LogP contribution < -0.4 is 4.74 Å². The molecular formula is C11H14N4OS. The van der Waals surface area contributed by atoms with Gasteiger partial charge in [-0.3, -0.25) is 0 Å². The molecule has 5 nitrogen and oxygen atoms in total. The van der Waals surface area contributed by atoms with Gasteiger partial charge in [0.25, 0.3) is 0 Å². The molecule has 0 spiro atoms. The molecule has 0 aliphatic heterocycles. The molecule has 1 heterocycles. The third kappa shape index (κ3) is 2.58. The van der Waals surface area contributed by atoms with Gasteiger partial charge in [-0.25, -0.2) is 0 Å². The van der Waals surface area contributed by atoms with Gasteiger partial charge in [0.2, 0.25) is 5.16 Å². The van der Waals surface area contributed by atoms with Crippen LogP contribution in [0, 0.1) is 0 Å². The number of methoxy groups -OCH3 is 1. The molecule has 2 rings (SSSR count). The number of nitrogens with zero attached hydrogens (tertiary/aromatic N) is 4. The summed E-state index contributed by atoms with van der Waals surface area (Å²) < 4.78 is 7.01. The lowest BCUT2D eigenvalue weighted by atomic mass is 10.3. The van der Waals surface area contributed by atoms with Crippen LogP contribution in [0.5, 0.6) is 5.75 Å². The number of hydrogen-bond acceptors (Lipinski definition) is 5. The van der Waals surface area contributed by atoms with E-state index >= 15 is 0 Å². The molecule has 1 aromatic carbocycles. The van der Waals surface area contributed by atoms with Crippen molar-refractivity contribution >= 4 is 11.8 Å². The summed E-state index contributed by atoms with van der Waals surface area (Å²) in [6.07, 6.45) is 1.09. The van der Waals surface area contributed by atoms with Crippen molar-refractivity contribution < 1.29 is 4.74 Å². The van der Waals surface area contributed by atoms with E-state index in [-0.39, 0.29) is 0 Å². The van der Waals surface area contributed by atoms with Crippen LogP contribution in [-0.2, 0) is 0 Å². The van der Waals surface area contributed by atoms with E-state index in [1.807, 2.05) is 24.3 Å². The van der Waals surface area contributed by atoms with Gasteiger partial charge in [-0.15, -0.1) is 5.10 Å². The molecule has 0 saturated heterocycles. The fourth-order valence-electron chi connectivity index (χ4n) is 1.42. The van der Waals surface area contributed by atoms with Gasteiger partial charge < -0.3 is 4.74 Å². The molecular weight excluding hydrogens is 236 g/mol. The Hall–Kier alpha value is -1.56. The fraction of sp³-hybridized carbons (Fsp3) is 0.364. The second-order valence-corrected chi connectivity index (χ2v) is 4.46. The summed E-state index contributed by atoms with van der Waals surface area (Å²) in [7, 11) is 1.64. The molecule has 0 fully saturated rings. The van der Waals surface area contributed by atoms with Gasteiger partial charge in [0.15, 0.2) is 0 Å². The summed E-state index contributed by atoms with van der Waals surface area (Å²) in [4.78, 5) is 0. The van der Waals surface area contributed by atoms with E-state index in [0.29, 0.717) is 0 Å². The lowest BCUT2D eigenvalue weighted by molar-refractivity contribution is 0.410. The number of para-hydroxylation sites is 2. The summed E-state index contributed by atoms with van der Waals surface area (Å²) in [5, 5.41) is 12.5. The van der Waals surface area contributed by atoms with Crippen molar-refractivity contribution in [2.24, 2.45) is 0 Å². The lowest BCUT2D eigenvalue weighted by Crippen LogP contribution is -2.01. The monoisotopic (exact) mass is 250 g/mol. The fourth-order valence-corrected chi connectivity index (χ4v) is 2.16. The molecule has 17 heavy (non-hydrogen) atoms. The van der Waals surface area contributed by atoms with Crippen LogP contribution in [0.1, 0.15) is 13.3 Å². The molecule has 0 aliphatic carbocycles. The predicted octanol–water partition coefficient (Wildman–Crippen LogP) is 2.17. The second-order valence-electron chi connectivity index (χ2n) is 3.39. The minimum absolute atomic E-state index is 0.762. The van der Waals surface area contributed by atoms with E-state index in [2.05, 4.69) is 22.4 Å². The highest BCUT2D eigenvalue weighted by atomic mass is 32.2. The number of tetrazole rings is 1. The molecule has 0 radical (unpaired) electrons. The summed E-state index contributed by atoms with van der Waals surface area (Å²) in [6, 6.07) is 7.69. The minimum atomic E-state index is 0.762. The molecule has 90 valence electrons. The highest BCUT2D eigenvalue weighted by Gasteiger charge is 2.11. The SMILES string of the molecule is CCCSc1nnnn1-c1ccccc1OC. The van der Waals surface area contributed by atoms with Gasteiger partial charge in [0.1, 0.15) is 11.4 Å². The quantitative estimate of drug-likeness (QED) is 0.761. The maximum absolute atomic E-state index is 5.30. The second kappa shape index (κ2) is 5.67. The van der Waals surface area contributed by atoms with Gasteiger partial charge in [-0.05, 0) is 29.0 Å². The first-order chi connectivity index (χ1) is 8.36. The zero-order chi connectivity index (χ0) is 12.1. The van der Waals surface area contributed by atoms with Gasteiger partial charge in [0, 0.05) is 5.75 Å². The molecule has 0 amide bonds. The van der Waals surface area contributed by atoms with Crippen molar-refractivity contribution in [3.05, 3.63) is 24.3 Å². The lowest BCUT2D eigenvalue weighted by Gasteiger charge is -2.08. The highest BCUT2D eigenvalue weighted by Crippen LogP contribution is 2.25. The molecule has 0 unspecified atom stereocenters. The molecule has 2 aromatic rings. The Kier molecular flexibility index (Phi) is 3.98. The van der Waals surface area contributed by atoms with Gasteiger partial charge in [-0.2, -0.15) is 4.68 Å². The third-order valence-corrected chi connectivity index (χ3v) is 3.31. The van der Waals surface area contributed by atoms with Crippen LogP contribution in [-0.4, -0.2) is 33.1 Å². The Morgan fingerprint density at radius 2 is 2.18 bits per heavy atom. The maximum atomic E-state index is 5.30. The van der Waals surface area contributed by atoms with E-state index in [4.69, 9.17) is 4.74 Å². The van der Waals surface area contributed by atoms with Gasteiger partial charge in [0.05, 0.1) is 7.11 Å². The van der Waals surface area contributed by atoms with Crippen molar-refractivity contribution in [3.63, 3.8) is 0 Å². The molecule has 0 aliphatic rings. The smallest absolute Gasteiger partial charge is 0.214 e. The van der Waals surface area contributed by atoms with Crippen molar-refractivity contribution in [3.8, 4) is 11.4 Å². The maximum Gasteiger partial charge on any atom is 0.214 e. The van der Waals surface area contributed by atoms with Gasteiger partial charge in [-0.1, -0.05) is 30.8 Å². The summed E-state index contributed by atoms with van der Waals surface area (Å²) in [5.74, 6) is 1.76. The van der Waals surface area contributed by atoms with Crippen LogP contribution in [0.25, 0.3) is 5.69 Å². The normalized spacial score (nSPS) is 10.5. The zero-order valence-corrected chi connectivity index (χ0v) is 10.6. The minimum Gasteiger partial charge on any atom is -0.494 e. The van der Waals surface area contributed by atoms with Crippen molar-refractivity contribution in [1.82, 2.24) is 20.2 Å². The molecule has 0 bridgehead atoms. The third-order valence-electron chi connectivity index (χ3n) is 2.19. The first-order valence-corrected chi connectivity index (χ1v) is 6.40. The summed E-state index contributed by atoms with van der Waals surface area (Å²) in [5.41, 5.74) is 0.860. The van der Waals surface area contributed by atoms with Crippen LogP contribution in [0.4, 0.5) is 0 Å². The van der Waals surface area contributed by atoms with Crippen LogP contribution in [0.3, 0.4) is 0 Å². The highest BCUT2D eigenvalue weighted by molar-refractivity contribution is 7.99. The topological polar surface area (TPSA) is 52.8 Å².